The summed E-state index contributed by atoms with van der Waals surface area (Å²) in [5.74, 6) is 0.913. The van der Waals surface area contributed by atoms with Crippen LogP contribution in [0.5, 0.6) is 0 Å². The molecule has 0 saturated heterocycles. The standard InChI is InChI=1S/C11H11ClFNO/c1-8-11-3-2-10(14(13)5-4-12)6-9(11)7-15-8/h2-3,6H,1,4-5,7H2. The van der Waals surface area contributed by atoms with Crippen molar-refractivity contribution in [1.29, 1.82) is 0 Å². The zero-order chi connectivity index (χ0) is 10.8. The van der Waals surface area contributed by atoms with Crippen LogP contribution in [0.1, 0.15) is 11.1 Å². The number of fused-ring (bicyclic) bond motifs is 1. The fourth-order valence-electron chi connectivity index (χ4n) is 1.57. The molecule has 0 amide bonds. The number of anilines is 1. The highest BCUT2D eigenvalue weighted by molar-refractivity contribution is 6.18. The summed E-state index contributed by atoms with van der Waals surface area (Å²) in [7, 11) is 0. The zero-order valence-corrected chi connectivity index (χ0v) is 8.93. The number of alkyl halides is 1. The minimum atomic E-state index is 0.183. The van der Waals surface area contributed by atoms with E-state index < -0.39 is 0 Å². The molecule has 0 spiro atoms. The summed E-state index contributed by atoms with van der Waals surface area (Å²) in [6.45, 7) is 4.41. The Bertz CT molecular complexity index is 394. The third kappa shape index (κ3) is 1.92. The van der Waals surface area contributed by atoms with Gasteiger partial charge in [0.2, 0.25) is 0 Å². The second-order valence-corrected chi connectivity index (χ2v) is 3.71. The molecular weight excluding hydrogens is 217 g/mol. The summed E-state index contributed by atoms with van der Waals surface area (Å²) >= 11 is 5.47. The molecule has 0 unspecified atom stereocenters. The maximum absolute atomic E-state index is 13.4. The maximum atomic E-state index is 13.4. The number of rotatable bonds is 3. The number of benzene rings is 1. The molecule has 0 atom stereocenters. The molecule has 0 saturated carbocycles. The number of halogens is 2. The van der Waals surface area contributed by atoms with E-state index in [0.29, 0.717) is 23.2 Å². The predicted octanol–water partition coefficient (Wildman–Crippen LogP) is 3.12. The molecule has 1 aliphatic rings. The van der Waals surface area contributed by atoms with Crippen LogP contribution in [0.25, 0.3) is 5.76 Å². The van der Waals surface area contributed by atoms with Crippen molar-refractivity contribution in [2.45, 2.75) is 6.61 Å². The van der Waals surface area contributed by atoms with Gasteiger partial charge in [0, 0.05) is 17.0 Å². The van der Waals surface area contributed by atoms with E-state index in [4.69, 9.17) is 16.3 Å². The Balaban J connectivity index is 2.26. The average Bonchev–Trinajstić information content (AvgIpc) is 2.60. The molecule has 1 aromatic rings. The third-order valence-electron chi connectivity index (χ3n) is 2.35. The number of ether oxygens (including phenoxy) is 1. The smallest absolute Gasteiger partial charge is 0.120 e. The van der Waals surface area contributed by atoms with Gasteiger partial charge in [-0.1, -0.05) is 11.1 Å². The number of hydrogen-bond acceptors (Lipinski definition) is 2. The van der Waals surface area contributed by atoms with Gasteiger partial charge in [-0.3, -0.25) is 0 Å². The van der Waals surface area contributed by atoms with E-state index in [0.717, 1.165) is 11.1 Å². The van der Waals surface area contributed by atoms with Gasteiger partial charge in [0.15, 0.2) is 0 Å². The van der Waals surface area contributed by atoms with Gasteiger partial charge in [-0.25, -0.2) is 5.12 Å². The first-order valence-electron chi connectivity index (χ1n) is 4.66. The largest absolute Gasteiger partial charge is 0.489 e. The first-order valence-corrected chi connectivity index (χ1v) is 5.20. The van der Waals surface area contributed by atoms with Gasteiger partial charge in [0.25, 0.3) is 0 Å². The lowest BCUT2D eigenvalue weighted by Crippen LogP contribution is -2.14. The van der Waals surface area contributed by atoms with Crippen LogP contribution in [-0.4, -0.2) is 12.4 Å². The molecular formula is C11H11ClFNO. The molecule has 4 heteroatoms. The Labute approximate surface area is 92.8 Å². The third-order valence-corrected chi connectivity index (χ3v) is 2.52. The minimum absolute atomic E-state index is 0.183. The van der Waals surface area contributed by atoms with E-state index in [-0.39, 0.29) is 12.4 Å². The Hall–Kier alpha value is -1.22. The molecule has 0 bridgehead atoms. The van der Waals surface area contributed by atoms with Gasteiger partial charge < -0.3 is 4.74 Å². The SMILES string of the molecule is C=C1OCc2cc(N(F)CCCl)ccc21. The van der Waals surface area contributed by atoms with E-state index in [1.165, 1.54) is 0 Å². The van der Waals surface area contributed by atoms with Gasteiger partial charge in [0.1, 0.15) is 12.4 Å². The Morgan fingerprint density at radius 1 is 1.53 bits per heavy atom. The van der Waals surface area contributed by atoms with Crippen LogP contribution < -0.4 is 5.12 Å². The molecule has 0 fully saturated rings. The lowest BCUT2D eigenvalue weighted by molar-refractivity contribution is 0.286. The fourth-order valence-corrected chi connectivity index (χ4v) is 1.72. The molecule has 1 aromatic carbocycles. The second-order valence-electron chi connectivity index (χ2n) is 3.33. The Kier molecular flexibility index (Phi) is 2.82. The molecule has 80 valence electrons. The summed E-state index contributed by atoms with van der Waals surface area (Å²) < 4.78 is 18.6. The van der Waals surface area contributed by atoms with E-state index in [2.05, 4.69) is 6.58 Å². The van der Waals surface area contributed by atoms with Crippen molar-refractivity contribution in [1.82, 2.24) is 0 Å². The molecule has 1 heterocycles. The highest BCUT2D eigenvalue weighted by Crippen LogP contribution is 2.31. The summed E-state index contributed by atoms with van der Waals surface area (Å²) in [5.41, 5.74) is 2.43. The molecule has 2 nitrogen and oxygen atoms in total. The molecule has 1 aliphatic heterocycles. The monoisotopic (exact) mass is 227 g/mol. The molecule has 0 aromatic heterocycles. The van der Waals surface area contributed by atoms with Crippen LogP contribution in [0.4, 0.5) is 10.2 Å². The molecule has 0 N–H and O–H groups in total. The van der Waals surface area contributed by atoms with Crippen molar-refractivity contribution in [2.75, 3.05) is 17.5 Å². The highest BCUT2D eigenvalue weighted by Gasteiger charge is 2.17. The van der Waals surface area contributed by atoms with Crippen molar-refractivity contribution in [3.05, 3.63) is 35.9 Å². The van der Waals surface area contributed by atoms with Gasteiger partial charge in [-0.15, -0.1) is 11.6 Å². The lowest BCUT2D eigenvalue weighted by Gasteiger charge is -2.12. The van der Waals surface area contributed by atoms with Gasteiger partial charge >= 0.3 is 0 Å². The van der Waals surface area contributed by atoms with E-state index >= 15 is 0 Å². The van der Waals surface area contributed by atoms with Crippen LogP contribution in [0.15, 0.2) is 24.8 Å². The van der Waals surface area contributed by atoms with E-state index in [1.54, 1.807) is 12.1 Å². The number of nitrogens with zero attached hydrogens (tertiary/aromatic N) is 1. The Morgan fingerprint density at radius 3 is 3.07 bits per heavy atom. The quantitative estimate of drug-likeness (QED) is 0.581. The van der Waals surface area contributed by atoms with Crippen LogP contribution in [-0.2, 0) is 11.3 Å². The molecule has 2 rings (SSSR count). The van der Waals surface area contributed by atoms with Crippen molar-refractivity contribution >= 4 is 23.0 Å². The normalized spacial score (nSPS) is 13.6. The van der Waals surface area contributed by atoms with Crippen LogP contribution in [0.2, 0.25) is 0 Å². The van der Waals surface area contributed by atoms with Crippen molar-refractivity contribution in [2.24, 2.45) is 0 Å². The van der Waals surface area contributed by atoms with Crippen molar-refractivity contribution in [3.8, 4) is 0 Å². The first kappa shape index (κ1) is 10.3. The summed E-state index contributed by atoms with van der Waals surface area (Å²) in [4.78, 5) is 0. The lowest BCUT2D eigenvalue weighted by atomic mass is 10.1. The molecule has 0 aliphatic carbocycles. The summed E-state index contributed by atoms with van der Waals surface area (Å²) in [6.07, 6.45) is 0. The van der Waals surface area contributed by atoms with Crippen LogP contribution in [0, 0.1) is 0 Å². The van der Waals surface area contributed by atoms with Gasteiger partial charge in [-0.2, -0.15) is 0 Å². The van der Waals surface area contributed by atoms with E-state index in [9.17, 15) is 4.48 Å². The van der Waals surface area contributed by atoms with E-state index in [1.807, 2.05) is 6.07 Å². The maximum Gasteiger partial charge on any atom is 0.120 e. The summed E-state index contributed by atoms with van der Waals surface area (Å²) in [6, 6.07) is 5.28. The Morgan fingerprint density at radius 2 is 2.33 bits per heavy atom. The van der Waals surface area contributed by atoms with Gasteiger partial charge in [0.05, 0.1) is 12.2 Å². The highest BCUT2D eigenvalue weighted by atomic mass is 35.5. The second kappa shape index (κ2) is 4.11. The average molecular weight is 228 g/mol. The number of hydrogen-bond donors (Lipinski definition) is 0. The van der Waals surface area contributed by atoms with Gasteiger partial charge in [-0.05, 0) is 18.2 Å². The predicted molar refractivity (Wildman–Crippen MR) is 59.4 cm³/mol. The molecule has 0 radical (unpaired) electrons. The minimum Gasteiger partial charge on any atom is -0.489 e. The van der Waals surface area contributed by atoms with Crippen LogP contribution in [0.3, 0.4) is 0 Å². The van der Waals surface area contributed by atoms with Crippen molar-refractivity contribution in [3.63, 3.8) is 0 Å². The van der Waals surface area contributed by atoms with Crippen molar-refractivity contribution < 1.29 is 9.22 Å². The van der Waals surface area contributed by atoms with Crippen LogP contribution >= 0.6 is 11.6 Å². The molecule has 15 heavy (non-hydrogen) atoms. The zero-order valence-electron chi connectivity index (χ0n) is 8.17. The summed E-state index contributed by atoms with van der Waals surface area (Å²) in [5, 5.41) is 0.633. The fraction of sp³-hybridized carbons (Fsp3) is 0.273. The first-order chi connectivity index (χ1) is 7.22. The topological polar surface area (TPSA) is 12.5 Å².